The van der Waals surface area contributed by atoms with Gasteiger partial charge in [-0.2, -0.15) is 0 Å². The van der Waals surface area contributed by atoms with Gasteiger partial charge in [0.2, 0.25) is 0 Å². The number of aliphatic imine (C=N–C) groups is 1. The van der Waals surface area contributed by atoms with E-state index in [4.69, 9.17) is 33.3 Å². The van der Waals surface area contributed by atoms with Gasteiger partial charge in [0.15, 0.2) is 11.5 Å². The molecule has 248 valence electrons. The minimum absolute atomic E-state index is 0.142. The summed E-state index contributed by atoms with van der Waals surface area (Å²) in [4.78, 5) is 47.1. The quantitative estimate of drug-likeness (QED) is 0.284. The van der Waals surface area contributed by atoms with Crippen LogP contribution in [0.5, 0.6) is 0 Å². The van der Waals surface area contributed by atoms with Gasteiger partial charge in [0.05, 0.1) is 36.8 Å². The van der Waals surface area contributed by atoms with Crippen molar-refractivity contribution in [3.05, 3.63) is 30.4 Å². The van der Waals surface area contributed by atoms with Crippen molar-refractivity contribution in [3.8, 4) is 0 Å². The number of ether oxygens (including phenoxy) is 2. The van der Waals surface area contributed by atoms with Crippen LogP contribution in [0.3, 0.4) is 0 Å². The van der Waals surface area contributed by atoms with E-state index in [0.717, 1.165) is 0 Å². The molecule has 4 aliphatic rings. The Balaban J connectivity index is 1.21. The molecule has 5 N–H and O–H groups in total. The molecule has 3 aromatic rings. The van der Waals surface area contributed by atoms with Gasteiger partial charge in [-0.15, -0.1) is 0 Å². The summed E-state index contributed by atoms with van der Waals surface area (Å²) in [6.45, 7) is 4.20. The molecule has 0 spiro atoms. The Hall–Kier alpha value is -2.80. The van der Waals surface area contributed by atoms with Crippen molar-refractivity contribution in [1.29, 1.82) is 0 Å². The average Bonchev–Trinajstić information content (AvgIpc) is 3.75. The number of imidazole rings is 1. The Kier molecular flexibility index (Phi) is 8.09. The predicted octanol–water partition coefficient (Wildman–Crippen LogP) is 1.32. The lowest BCUT2D eigenvalue weighted by molar-refractivity contribution is -0.0553. The Labute approximate surface area is 261 Å². The standard InChI is InChI=1S/C25H32N8O11P2/c1-10(2)15-21-14(42-25(15)33-9-32-18-23(26)30-8-31-24(18)33)6-40-46(37,38)44-22-19(34)13(5-39-45(35,36)43-21)41-20(22)12-4-27-16-11(3)28-7-29-17(12)16/h4,7-10,12-15,19-22,25,34H,5-6H2,1-3H3,(H,35,36)(H,37,38)(H2,26,30,31)/t12?,13-,14-,15-,19-,20+,21-,22-,25-/m1/s1. The Bertz CT molecular complexity index is 1780. The van der Waals surface area contributed by atoms with E-state index in [-0.39, 0.29) is 11.7 Å². The first-order valence-electron chi connectivity index (χ1n) is 14.4. The highest BCUT2D eigenvalue weighted by Gasteiger charge is 2.55. The molecule has 0 amide bonds. The van der Waals surface area contributed by atoms with Gasteiger partial charge >= 0.3 is 15.6 Å². The highest BCUT2D eigenvalue weighted by Crippen LogP contribution is 2.55. The van der Waals surface area contributed by atoms with Gasteiger partial charge in [-0.1, -0.05) is 13.8 Å². The minimum atomic E-state index is -4.94. The van der Waals surface area contributed by atoms with Gasteiger partial charge in [0, 0.05) is 12.1 Å². The van der Waals surface area contributed by atoms with E-state index in [2.05, 4.69) is 29.9 Å². The summed E-state index contributed by atoms with van der Waals surface area (Å²) < 4.78 is 62.7. The minimum Gasteiger partial charge on any atom is -0.387 e. The van der Waals surface area contributed by atoms with Gasteiger partial charge in [-0.25, -0.2) is 34.0 Å². The molecule has 4 aliphatic heterocycles. The maximum Gasteiger partial charge on any atom is 0.472 e. The van der Waals surface area contributed by atoms with E-state index in [9.17, 15) is 24.0 Å². The van der Waals surface area contributed by atoms with Crippen molar-refractivity contribution < 1.29 is 51.6 Å². The van der Waals surface area contributed by atoms with Crippen LogP contribution in [0, 0.1) is 18.8 Å². The lowest BCUT2D eigenvalue weighted by Crippen LogP contribution is -2.38. The number of aromatic nitrogens is 6. The topological polar surface area (TPSA) is 258 Å². The zero-order valence-corrected chi connectivity index (χ0v) is 26.5. The van der Waals surface area contributed by atoms with Crippen LogP contribution in [0.4, 0.5) is 11.5 Å². The van der Waals surface area contributed by atoms with Gasteiger partial charge in [0.25, 0.3) is 0 Å². The molecule has 3 saturated heterocycles. The van der Waals surface area contributed by atoms with Crippen LogP contribution in [0.2, 0.25) is 0 Å². The fourth-order valence-corrected chi connectivity index (χ4v) is 8.35. The Morgan fingerprint density at radius 1 is 0.935 bits per heavy atom. The first-order valence-corrected chi connectivity index (χ1v) is 17.4. The summed E-state index contributed by atoms with van der Waals surface area (Å²) in [7, 11) is -9.81. The molecule has 7 rings (SSSR count). The van der Waals surface area contributed by atoms with E-state index in [1.807, 2.05) is 13.8 Å². The van der Waals surface area contributed by atoms with Gasteiger partial charge in [-0.05, 0) is 12.8 Å². The number of aliphatic hydroxyl groups excluding tert-OH is 1. The summed E-state index contributed by atoms with van der Waals surface area (Å²) in [6.07, 6.45) is -3.11. The highest BCUT2D eigenvalue weighted by molar-refractivity contribution is 7.47. The summed E-state index contributed by atoms with van der Waals surface area (Å²) >= 11 is 0. The van der Waals surface area contributed by atoms with Crippen molar-refractivity contribution in [2.24, 2.45) is 16.8 Å². The molecule has 2 bridgehead atoms. The van der Waals surface area contributed by atoms with Crippen molar-refractivity contribution >= 4 is 44.5 Å². The third-order valence-electron chi connectivity index (χ3n) is 8.57. The van der Waals surface area contributed by atoms with E-state index in [0.29, 0.717) is 28.2 Å². The van der Waals surface area contributed by atoms with Crippen LogP contribution in [0.25, 0.3) is 11.2 Å². The second-order valence-corrected chi connectivity index (χ2v) is 14.6. The van der Waals surface area contributed by atoms with E-state index < -0.39 is 83.5 Å². The van der Waals surface area contributed by atoms with Crippen molar-refractivity contribution in [2.45, 2.75) is 69.5 Å². The number of anilines is 1. The van der Waals surface area contributed by atoms with Gasteiger partial charge in [0.1, 0.15) is 66.7 Å². The molecule has 0 radical (unpaired) electrons. The molecule has 11 atom stereocenters. The normalized spacial score (nSPS) is 39.6. The molecule has 3 aromatic heterocycles. The molecular formula is C25H32N8O11P2. The molecule has 21 heteroatoms. The predicted molar refractivity (Wildman–Crippen MR) is 156 cm³/mol. The number of hydrogen-bond acceptors (Lipinski definition) is 16. The van der Waals surface area contributed by atoms with E-state index in [1.54, 1.807) is 11.5 Å². The lowest BCUT2D eigenvalue weighted by atomic mass is 9.88. The molecule has 0 saturated carbocycles. The van der Waals surface area contributed by atoms with Crippen molar-refractivity contribution in [1.82, 2.24) is 29.5 Å². The monoisotopic (exact) mass is 682 g/mol. The molecule has 3 fully saturated rings. The summed E-state index contributed by atoms with van der Waals surface area (Å²) in [6, 6.07) is 0. The Morgan fingerprint density at radius 2 is 1.63 bits per heavy atom. The number of nitrogens with zero attached hydrogens (tertiary/aromatic N) is 7. The number of aliphatic hydroxyl groups is 1. The number of fused-ring (bicyclic) bond motifs is 5. The summed E-state index contributed by atoms with van der Waals surface area (Å²) in [5.74, 6) is -1.46. The molecule has 3 unspecified atom stereocenters. The number of nitrogen functional groups attached to an aromatic ring is 1. The first-order chi connectivity index (χ1) is 21.8. The number of nitrogens with two attached hydrogens (primary N) is 1. The number of hydrogen-bond donors (Lipinski definition) is 4. The third kappa shape index (κ3) is 5.58. The second kappa shape index (κ2) is 11.7. The third-order valence-corrected chi connectivity index (χ3v) is 10.5. The second-order valence-electron chi connectivity index (χ2n) is 11.8. The SMILES string of the molecule is Cc1ncnc2c1N=CC2[C@@H]1O[C@@H]2COP(=O)(O)O[C@H]3[C@@H](C(C)C)[C@H](n4cnc5c(N)ncnc54)O[C@@H]3COP(=O)(O)O[C@@H]1[C@@H]2O. The summed E-state index contributed by atoms with van der Waals surface area (Å²) in [5, 5.41) is 11.2. The maximum atomic E-state index is 13.4. The fraction of sp³-hybridized carbons (Fsp3) is 0.600. The van der Waals surface area contributed by atoms with Gasteiger partial charge < -0.3 is 30.1 Å². The molecule has 46 heavy (non-hydrogen) atoms. The van der Waals surface area contributed by atoms with Crippen molar-refractivity contribution in [3.63, 3.8) is 0 Å². The number of aryl methyl sites for hydroxylation is 1. The van der Waals surface area contributed by atoms with Crippen LogP contribution < -0.4 is 5.73 Å². The highest BCUT2D eigenvalue weighted by atomic mass is 31.2. The first kappa shape index (κ1) is 31.8. The molecule has 19 nitrogen and oxygen atoms in total. The molecule has 0 aliphatic carbocycles. The average molecular weight is 683 g/mol. The van der Waals surface area contributed by atoms with E-state index >= 15 is 0 Å². The largest absolute Gasteiger partial charge is 0.472 e. The van der Waals surface area contributed by atoms with Crippen LogP contribution in [-0.4, -0.2) is 100 Å². The molecular weight excluding hydrogens is 650 g/mol. The van der Waals surface area contributed by atoms with Crippen LogP contribution in [0.1, 0.15) is 37.4 Å². The van der Waals surface area contributed by atoms with Gasteiger partial charge in [-0.3, -0.25) is 27.7 Å². The van der Waals surface area contributed by atoms with Crippen LogP contribution in [-0.2, 0) is 36.7 Å². The Morgan fingerprint density at radius 3 is 2.37 bits per heavy atom. The summed E-state index contributed by atoms with van der Waals surface area (Å²) in [5.41, 5.74) is 8.17. The zero-order valence-electron chi connectivity index (χ0n) is 24.7. The van der Waals surface area contributed by atoms with Crippen LogP contribution in [0.15, 0.2) is 24.0 Å². The number of phosphoric acid groups is 2. The molecule has 0 aromatic carbocycles. The number of rotatable bonds is 3. The maximum absolute atomic E-state index is 13.4. The lowest BCUT2D eigenvalue weighted by Gasteiger charge is -2.29. The van der Waals surface area contributed by atoms with E-state index in [1.165, 1.54) is 25.2 Å². The molecule has 7 heterocycles. The van der Waals surface area contributed by atoms with Crippen LogP contribution >= 0.6 is 15.6 Å². The van der Waals surface area contributed by atoms with Crippen molar-refractivity contribution in [2.75, 3.05) is 18.9 Å². The fourth-order valence-electron chi connectivity index (χ4n) is 6.42. The smallest absolute Gasteiger partial charge is 0.387 e. The number of phosphoric ester groups is 2. The zero-order chi connectivity index (χ0) is 32.5.